The average Bonchev–Trinajstić information content (AvgIpc) is 3.27. The lowest BCUT2D eigenvalue weighted by Gasteiger charge is -2.30. The molecule has 2 N–H and O–H groups in total. The average molecular weight is 450 g/mol. The number of hydrazone groups is 1. The molecule has 0 saturated carbocycles. The van der Waals surface area contributed by atoms with Crippen molar-refractivity contribution in [1.82, 2.24) is 19.9 Å². The molecule has 168 valence electrons. The third kappa shape index (κ3) is 5.23. The largest absolute Gasteiger partial charge is 0.493 e. The van der Waals surface area contributed by atoms with E-state index in [1.807, 2.05) is 12.1 Å². The molecule has 1 fully saturated rings. The number of hydrogen-bond acceptors (Lipinski definition) is 7. The van der Waals surface area contributed by atoms with Crippen molar-refractivity contribution in [2.75, 3.05) is 33.1 Å². The van der Waals surface area contributed by atoms with Crippen molar-refractivity contribution >= 4 is 22.1 Å². The van der Waals surface area contributed by atoms with Crippen LogP contribution < -0.4 is 14.9 Å². The maximum Gasteiger partial charge on any atom is 0.244 e. The Morgan fingerprint density at radius 2 is 2.13 bits per heavy atom. The highest BCUT2D eigenvalue weighted by molar-refractivity contribution is 7.89. The number of carbonyl (C=O) groups is 1. The summed E-state index contributed by atoms with van der Waals surface area (Å²) in [6.07, 6.45) is 4.36. The normalized spacial score (nSPS) is 17.6. The predicted octanol–water partition coefficient (Wildman–Crippen LogP) is 1.61. The van der Waals surface area contributed by atoms with Crippen LogP contribution in [0.5, 0.6) is 11.5 Å². The van der Waals surface area contributed by atoms with E-state index < -0.39 is 15.9 Å². The molecule has 0 bridgehead atoms. The molecule has 0 spiro atoms. The molecule has 31 heavy (non-hydrogen) atoms. The first kappa shape index (κ1) is 22.8. The van der Waals surface area contributed by atoms with Gasteiger partial charge >= 0.3 is 0 Å². The van der Waals surface area contributed by atoms with Gasteiger partial charge in [-0.05, 0) is 38.0 Å². The summed E-state index contributed by atoms with van der Waals surface area (Å²) in [5.74, 6) is 0.485. The zero-order chi connectivity index (χ0) is 22.4. The molecule has 1 atom stereocenters. The molecule has 1 amide bonds. The van der Waals surface area contributed by atoms with Crippen LogP contribution >= 0.6 is 0 Å². The number of aromatic nitrogens is 2. The topological polar surface area (TPSA) is 126 Å². The molecule has 1 aliphatic heterocycles. The molecule has 0 radical (unpaired) electrons. The lowest BCUT2D eigenvalue weighted by Crippen LogP contribution is -2.45. The highest BCUT2D eigenvalue weighted by Gasteiger charge is 2.31. The van der Waals surface area contributed by atoms with Crippen LogP contribution in [0.25, 0.3) is 11.3 Å². The minimum atomic E-state index is -3.31. The van der Waals surface area contributed by atoms with Crippen LogP contribution in [0.1, 0.15) is 25.3 Å². The van der Waals surface area contributed by atoms with Gasteiger partial charge in [-0.3, -0.25) is 9.89 Å². The van der Waals surface area contributed by atoms with Crippen LogP contribution in [0, 0.1) is 5.92 Å². The minimum Gasteiger partial charge on any atom is -0.493 e. The minimum absolute atomic E-state index is 0.0267. The Bertz CT molecular complexity index is 1050. The molecule has 2 heterocycles. The fourth-order valence-corrected chi connectivity index (χ4v) is 4.64. The van der Waals surface area contributed by atoms with Crippen LogP contribution in [-0.4, -0.2) is 68.1 Å². The second kappa shape index (κ2) is 9.92. The molecule has 11 heteroatoms. The van der Waals surface area contributed by atoms with Crippen molar-refractivity contribution in [3.8, 4) is 22.8 Å². The molecular weight excluding hydrogens is 422 g/mol. The summed E-state index contributed by atoms with van der Waals surface area (Å²) in [6, 6.07) is 5.46. The maximum absolute atomic E-state index is 12.5. The van der Waals surface area contributed by atoms with Crippen LogP contribution in [0.3, 0.4) is 0 Å². The lowest BCUT2D eigenvalue weighted by molar-refractivity contribution is -0.126. The number of aromatic amines is 1. The second-order valence-corrected chi connectivity index (χ2v) is 9.36. The number of hydrogen-bond donors (Lipinski definition) is 2. The molecule has 2 aromatic rings. The quantitative estimate of drug-likeness (QED) is 0.466. The molecule has 1 aromatic heterocycles. The van der Waals surface area contributed by atoms with Gasteiger partial charge in [-0.1, -0.05) is 0 Å². The number of piperidine rings is 1. The number of sulfonamides is 1. The Labute approximate surface area is 181 Å². The number of ether oxygens (including phenoxy) is 2. The molecule has 1 saturated heterocycles. The van der Waals surface area contributed by atoms with Gasteiger partial charge in [0.05, 0.1) is 44.0 Å². The fraction of sp³-hybridized carbons (Fsp3) is 0.450. The van der Waals surface area contributed by atoms with E-state index in [1.165, 1.54) is 10.5 Å². The number of nitrogens with one attached hydrogen (secondary N) is 2. The Balaban J connectivity index is 1.68. The first-order chi connectivity index (χ1) is 14.9. The third-order valence-corrected chi connectivity index (χ3v) is 7.08. The first-order valence-corrected chi connectivity index (χ1v) is 11.6. The molecular formula is C20H27N5O5S. The number of amides is 1. The van der Waals surface area contributed by atoms with Gasteiger partial charge in [0.2, 0.25) is 15.9 Å². The smallest absolute Gasteiger partial charge is 0.244 e. The predicted molar refractivity (Wildman–Crippen MR) is 117 cm³/mol. The molecule has 10 nitrogen and oxygen atoms in total. The van der Waals surface area contributed by atoms with Crippen molar-refractivity contribution in [2.24, 2.45) is 11.0 Å². The van der Waals surface area contributed by atoms with E-state index in [-0.39, 0.29) is 18.2 Å². The summed E-state index contributed by atoms with van der Waals surface area (Å²) >= 11 is 0. The van der Waals surface area contributed by atoms with Crippen molar-refractivity contribution in [2.45, 2.75) is 19.8 Å². The van der Waals surface area contributed by atoms with Gasteiger partial charge < -0.3 is 9.47 Å². The Hall–Kier alpha value is -2.92. The van der Waals surface area contributed by atoms with Crippen LogP contribution in [0.4, 0.5) is 0 Å². The summed E-state index contributed by atoms with van der Waals surface area (Å²) in [4.78, 5) is 12.5. The van der Waals surface area contributed by atoms with Gasteiger partial charge in [0.1, 0.15) is 0 Å². The molecule has 0 aliphatic carbocycles. The lowest BCUT2D eigenvalue weighted by atomic mass is 9.99. The van der Waals surface area contributed by atoms with Gasteiger partial charge in [0, 0.05) is 24.2 Å². The standard InChI is InChI=1S/C20H27N5O5S/c1-4-31(27,28)25-9-5-6-15(13-25)20(26)24-22-12-16-11-21-23-19(16)14-7-8-17(29-2)18(10-14)30-3/h7-8,10-12,15H,4-6,9,13H2,1-3H3,(H,21,23)(H,24,26)/b22-12+. The summed E-state index contributed by atoms with van der Waals surface area (Å²) < 4.78 is 36.2. The van der Waals surface area contributed by atoms with Gasteiger partial charge in [-0.15, -0.1) is 0 Å². The van der Waals surface area contributed by atoms with Crippen molar-refractivity contribution in [3.63, 3.8) is 0 Å². The van der Waals surface area contributed by atoms with Crippen molar-refractivity contribution in [3.05, 3.63) is 30.0 Å². The summed E-state index contributed by atoms with van der Waals surface area (Å²) in [5, 5.41) is 11.0. The van der Waals surface area contributed by atoms with E-state index in [0.29, 0.717) is 42.1 Å². The highest BCUT2D eigenvalue weighted by Crippen LogP contribution is 2.32. The Morgan fingerprint density at radius 3 is 2.84 bits per heavy atom. The zero-order valence-corrected chi connectivity index (χ0v) is 18.6. The van der Waals surface area contributed by atoms with Gasteiger partial charge in [-0.25, -0.2) is 18.1 Å². The summed E-state index contributed by atoms with van der Waals surface area (Å²) in [5.41, 5.74) is 4.72. The molecule has 1 unspecified atom stereocenters. The number of rotatable bonds is 8. The zero-order valence-electron chi connectivity index (χ0n) is 17.8. The first-order valence-electron chi connectivity index (χ1n) is 9.96. The highest BCUT2D eigenvalue weighted by atomic mass is 32.2. The van der Waals surface area contributed by atoms with Crippen molar-refractivity contribution in [1.29, 1.82) is 0 Å². The van der Waals surface area contributed by atoms with E-state index in [9.17, 15) is 13.2 Å². The van der Waals surface area contributed by atoms with E-state index >= 15 is 0 Å². The maximum atomic E-state index is 12.5. The monoisotopic (exact) mass is 449 g/mol. The van der Waals surface area contributed by atoms with E-state index in [2.05, 4.69) is 20.7 Å². The number of methoxy groups -OCH3 is 2. The van der Waals surface area contributed by atoms with Gasteiger partial charge in [-0.2, -0.15) is 10.2 Å². The van der Waals surface area contributed by atoms with E-state index in [4.69, 9.17) is 9.47 Å². The molecule has 1 aliphatic rings. The number of benzene rings is 1. The van der Waals surface area contributed by atoms with E-state index in [0.717, 1.165) is 5.56 Å². The van der Waals surface area contributed by atoms with Crippen LogP contribution in [-0.2, 0) is 14.8 Å². The van der Waals surface area contributed by atoms with Crippen LogP contribution in [0.15, 0.2) is 29.5 Å². The Kier molecular flexibility index (Phi) is 7.29. The van der Waals surface area contributed by atoms with Gasteiger partial charge in [0.25, 0.3) is 0 Å². The molecule has 3 rings (SSSR count). The second-order valence-electron chi connectivity index (χ2n) is 7.10. The number of H-pyrrole nitrogens is 1. The van der Waals surface area contributed by atoms with Gasteiger partial charge in [0.15, 0.2) is 11.5 Å². The third-order valence-electron chi connectivity index (χ3n) is 5.23. The van der Waals surface area contributed by atoms with E-state index in [1.54, 1.807) is 33.4 Å². The summed E-state index contributed by atoms with van der Waals surface area (Å²) in [6.45, 7) is 2.23. The Morgan fingerprint density at radius 1 is 1.35 bits per heavy atom. The SMILES string of the molecule is CCS(=O)(=O)N1CCCC(C(=O)N/N=C/c2cn[nH]c2-c2ccc(OC)c(OC)c2)C1. The van der Waals surface area contributed by atoms with Crippen LogP contribution in [0.2, 0.25) is 0 Å². The summed E-state index contributed by atoms with van der Waals surface area (Å²) in [7, 11) is -0.180. The molecule has 1 aromatic carbocycles. The van der Waals surface area contributed by atoms with Crippen molar-refractivity contribution < 1.29 is 22.7 Å². The number of carbonyl (C=O) groups excluding carboxylic acids is 1. The number of nitrogens with zero attached hydrogens (tertiary/aromatic N) is 3. The fourth-order valence-electron chi connectivity index (χ4n) is 3.46.